The highest BCUT2D eigenvalue weighted by atomic mass is 79.9. The standard InChI is InChI=1S/C22H24BrFN4O2/c1-3-28(13-15(2)27-20-7-4-16(11-25)12-26-20)21(29)14-30-22(8-9-22)18-6-5-17(24)10-19(18)23/h4-7,10,12,15H,3,8-9,13-14H2,1-2H3,(H,26,27). The normalized spacial score (nSPS) is 15.2. The minimum absolute atomic E-state index is 0.0283. The van der Waals surface area contributed by atoms with Gasteiger partial charge in [0.2, 0.25) is 5.91 Å². The van der Waals surface area contributed by atoms with Crippen LogP contribution in [0.5, 0.6) is 0 Å². The van der Waals surface area contributed by atoms with Crippen molar-refractivity contribution in [1.29, 1.82) is 5.26 Å². The molecule has 1 fully saturated rings. The topological polar surface area (TPSA) is 78.3 Å². The van der Waals surface area contributed by atoms with Crippen molar-refractivity contribution in [2.45, 2.75) is 38.3 Å². The van der Waals surface area contributed by atoms with E-state index in [0.29, 0.717) is 28.9 Å². The lowest BCUT2D eigenvalue weighted by molar-refractivity contribution is -0.139. The summed E-state index contributed by atoms with van der Waals surface area (Å²) in [5.41, 5.74) is 0.858. The summed E-state index contributed by atoms with van der Waals surface area (Å²) in [6.07, 6.45) is 3.12. The monoisotopic (exact) mass is 474 g/mol. The second kappa shape index (κ2) is 9.54. The van der Waals surface area contributed by atoms with Crippen molar-refractivity contribution in [1.82, 2.24) is 9.88 Å². The number of likely N-dealkylation sites (N-methyl/N-ethyl adjacent to an activating group) is 1. The van der Waals surface area contributed by atoms with Gasteiger partial charge in [-0.05, 0) is 56.5 Å². The lowest BCUT2D eigenvalue weighted by Crippen LogP contribution is -2.41. The van der Waals surface area contributed by atoms with Gasteiger partial charge in [0.1, 0.15) is 24.3 Å². The molecule has 6 nitrogen and oxygen atoms in total. The number of amides is 1. The van der Waals surface area contributed by atoms with Crippen LogP contribution in [0.4, 0.5) is 10.2 Å². The first-order valence-electron chi connectivity index (χ1n) is 9.87. The van der Waals surface area contributed by atoms with Crippen molar-refractivity contribution in [2.24, 2.45) is 0 Å². The van der Waals surface area contributed by atoms with Crippen molar-refractivity contribution in [3.8, 4) is 6.07 Å². The third-order valence-electron chi connectivity index (χ3n) is 5.11. The van der Waals surface area contributed by atoms with E-state index >= 15 is 0 Å². The van der Waals surface area contributed by atoms with E-state index in [0.717, 1.165) is 18.4 Å². The molecule has 1 aliphatic rings. The van der Waals surface area contributed by atoms with Crippen LogP contribution in [0.2, 0.25) is 0 Å². The molecule has 0 saturated heterocycles. The number of carbonyl (C=O) groups is 1. The molecule has 1 atom stereocenters. The molecule has 1 heterocycles. The van der Waals surface area contributed by atoms with Crippen LogP contribution in [0.1, 0.15) is 37.8 Å². The Morgan fingerprint density at radius 1 is 1.43 bits per heavy atom. The highest BCUT2D eigenvalue weighted by molar-refractivity contribution is 9.10. The van der Waals surface area contributed by atoms with E-state index in [-0.39, 0.29) is 24.4 Å². The number of hydrogen-bond donors (Lipinski definition) is 1. The fourth-order valence-electron chi connectivity index (χ4n) is 3.34. The molecule has 2 aromatic rings. The highest BCUT2D eigenvalue weighted by Gasteiger charge is 2.47. The van der Waals surface area contributed by atoms with Gasteiger partial charge in [0.05, 0.1) is 11.2 Å². The maximum atomic E-state index is 13.4. The predicted octanol–water partition coefficient (Wildman–Crippen LogP) is 4.21. The van der Waals surface area contributed by atoms with E-state index in [1.807, 2.05) is 19.9 Å². The molecule has 8 heteroatoms. The second-order valence-corrected chi connectivity index (χ2v) is 8.28. The number of carbonyl (C=O) groups excluding carboxylic acids is 1. The van der Waals surface area contributed by atoms with Crippen LogP contribution in [0.25, 0.3) is 0 Å². The Morgan fingerprint density at radius 3 is 2.77 bits per heavy atom. The third kappa shape index (κ3) is 5.35. The summed E-state index contributed by atoms with van der Waals surface area (Å²) in [7, 11) is 0. The Balaban J connectivity index is 1.54. The van der Waals surface area contributed by atoms with Crippen LogP contribution in [0, 0.1) is 17.1 Å². The van der Waals surface area contributed by atoms with Crippen LogP contribution in [-0.2, 0) is 15.1 Å². The summed E-state index contributed by atoms with van der Waals surface area (Å²) < 4.78 is 20.1. The number of pyridine rings is 1. The summed E-state index contributed by atoms with van der Waals surface area (Å²) in [5, 5.41) is 12.1. The van der Waals surface area contributed by atoms with Crippen molar-refractivity contribution >= 4 is 27.7 Å². The van der Waals surface area contributed by atoms with Gasteiger partial charge in [-0.1, -0.05) is 22.0 Å². The van der Waals surface area contributed by atoms with E-state index in [1.54, 1.807) is 23.1 Å². The lowest BCUT2D eigenvalue weighted by atomic mass is 10.1. The largest absolute Gasteiger partial charge is 0.366 e. The molecule has 158 valence electrons. The molecule has 0 bridgehead atoms. The number of ether oxygens (including phenoxy) is 1. The summed E-state index contributed by atoms with van der Waals surface area (Å²) in [5.74, 6) is 0.246. The van der Waals surface area contributed by atoms with Gasteiger partial charge in [-0.2, -0.15) is 5.26 Å². The predicted molar refractivity (Wildman–Crippen MR) is 115 cm³/mol. The number of anilines is 1. The molecule has 0 radical (unpaired) electrons. The first kappa shape index (κ1) is 22.2. The minimum Gasteiger partial charge on any atom is -0.366 e. The average Bonchev–Trinajstić information content (AvgIpc) is 3.51. The molecular weight excluding hydrogens is 451 g/mol. The Labute approximate surface area is 184 Å². The van der Waals surface area contributed by atoms with Gasteiger partial charge in [0, 0.05) is 29.8 Å². The summed E-state index contributed by atoms with van der Waals surface area (Å²) in [6, 6.07) is 9.99. The molecule has 30 heavy (non-hydrogen) atoms. The van der Waals surface area contributed by atoms with E-state index < -0.39 is 5.60 Å². The van der Waals surface area contributed by atoms with Gasteiger partial charge in [-0.3, -0.25) is 4.79 Å². The molecule has 0 aliphatic heterocycles. The molecule has 1 unspecified atom stereocenters. The van der Waals surface area contributed by atoms with Crippen LogP contribution in [-0.4, -0.2) is 41.5 Å². The van der Waals surface area contributed by atoms with Crippen molar-refractivity contribution in [3.63, 3.8) is 0 Å². The molecule has 0 spiro atoms. The summed E-state index contributed by atoms with van der Waals surface area (Å²) >= 11 is 3.40. The molecule has 1 aromatic carbocycles. The number of aromatic nitrogens is 1. The summed E-state index contributed by atoms with van der Waals surface area (Å²) in [6.45, 7) is 4.91. The second-order valence-electron chi connectivity index (χ2n) is 7.43. The Kier molecular flexibility index (Phi) is 7.06. The number of nitrogens with one attached hydrogen (secondary N) is 1. The third-order valence-corrected chi connectivity index (χ3v) is 5.77. The van der Waals surface area contributed by atoms with Gasteiger partial charge in [0.15, 0.2) is 0 Å². The molecular formula is C22H24BrFN4O2. The Morgan fingerprint density at radius 2 is 2.20 bits per heavy atom. The zero-order valence-corrected chi connectivity index (χ0v) is 18.6. The first-order chi connectivity index (χ1) is 14.4. The van der Waals surface area contributed by atoms with Gasteiger partial charge >= 0.3 is 0 Å². The maximum absolute atomic E-state index is 13.4. The van der Waals surface area contributed by atoms with Crippen LogP contribution in [0.15, 0.2) is 41.0 Å². The van der Waals surface area contributed by atoms with Gasteiger partial charge in [-0.15, -0.1) is 0 Å². The number of halogens is 2. The maximum Gasteiger partial charge on any atom is 0.248 e. The van der Waals surface area contributed by atoms with Crippen molar-refractivity contribution < 1.29 is 13.9 Å². The number of benzene rings is 1. The fraction of sp³-hybridized carbons (Fsp3) is 0.409. The molecule has 1 amide bonds. The average molecular weight is 475 g/mol. The zero-order valence-electron chi connectivity index (χ0n) is 17.0. The number of nitriles is 1. The van der Waals surface area contributed by atoms with Gasteiger partial charge in [-0.25, -0.2) is 9.37 Å². The molecule has 1 N–H and O–H groups in total. The fourth-order valence-corrected chi connectivity index (χ4v) is 4.05. The molecule has 1 aliphatic carbocycles. The van der Waals surface area contributed by atoms with Gasteiger partial charge < -0.3 is 15.0 Å². The van der Waals surface area contributed by atoms with E-state index in [9.17, 15) is 9.18 Å². The minimum atomic E-state index is -0.516. The van der Waals surface area contributed by atoms with Crippen molar-refractivity contribution in [2.75, 3.05) is 25.0 Å². The van der Waals surface area contributed by atoms with Crippen molar-refractivity contribution in [3.05, 3.63) is 57.9 Å². The Bertz CT molecular complexity index is 941. The molecule has 1 aromatic heterocycles. The van der Waals surface area contributed by atoms with E-state index in [2.05, 4.69) is 26.2 Å². The zero-order chi connectivity index (χ0) is 21.7. The van der Waals surface area contributed by atoms with E-state index in [1.165, 1.54) is 18.3 Å². The number of nitrogens with zero attached hydrogens (tertiary/aromatic N) is 3. The molecule has 1 saturated carbocycles. The number of rotatable bonds is 9. The highest BCUT2D eigenvalue weighted by Crippen LogP contribution is 2.51. The van der Waals surface area contributed by atoms with Gasteiger partial charge in [0.25, 0.3) is 0 Å². The van der Waals surface area contributed by atoms with E-state index in [4.69, 9.17) is 10.00 Å². The quantitative estimate of drug-likeness (QED) is 0.588. The van der Waals surface area contributed by atoms with Crippen LogP contribution >= 0.6 is 15.9 Å². The SMILES string of the molecule is CCN(CC(C)Nc1ccc(C#N)cn1)C(=O)COC1(c2ccc(F)cc2Br)CC1. The van der Waals surface area contributed by atoms with Crippen LogP contribution < -0.4 is 5.32 Å². The Hall–Kier alpha value is -2.50. The lowest BCUT2D eigenvalue weighted by Gasteiger charge is -2.27. The molecule has 3 rings (SSSR count). The number of hydrogen-bond acceptors (Lipinski definition) is 5. The smallest absolute Gasteiger partial charge is 0.248 e. The summed E-state index contributed by atoms with van der Waals surface area (Å²) in [4.78, 5) is 18.7. The van der Waals surface area contributed by atoms with Crippen LogP contribution in [0.3, 0.4) is 0 Å². The first-order valence-corrected chi connectivity index (χ1v) is 10.7.